The molecule has 0 aromatic rings. The van der Waals surface area contributed by atoms with E-state index in [4.69, 9.17) is 5.11 Å². The topological polar surface area (TPSA) is 81.7 Å². The van der Waals surface area contributed by atoms with Crippen LogP contribution >= 0.6 is 0 Å². The first kappa shape index (κ1) is 15.8. The number of likely N-dealkylation sites (tertiary alicyclic amines) is 1. The van der Waals surface area contributed by atoms with E-state index in [2.05, 4.69) is 15.5 Å². The normalized spacial score (nSPS) is 15.4. The van der Waals surface area contributed by atoms with Gasteiger partial charge in [-0.3, -0.25) is 4.79 Å². The number of aliphatic carboxylic acids is 1. The summed E-state index contributed by atoms with van der Waals surface area (Å²) >= 11 is 0. The number of nitrogens with zero attached hydrogens (tertiary/aromatic N) is 1. The second-order valence-corrected chi connectivity index (χ2v) is 4.94. The van der Waals surface area contributed by atoms with Gasteiger partial charge in [0.15, 0.2) is 0 Å². The Hall–Kier alpha value is -1.30. The van der Waals surface area contributed by atoms with Gasteiger partial charge in [0.1, 0.15) is 0 Å². The van der Waals surface area contributed by atoms with Crippen molar-refractivity contribution >= 4 is 12.0 Å². The molecule has 0 saturated carbocycles. The van der Waals surface area contributed by atoms with E-state index in [0.717, 1.165) is 32.5 Å². The fourth-order valence-electron chi connectivity index (χ4n) is 2.18. The average molecular weight is 271 g/mol. The molecule has 1 fully saturated rings. The van der Waals surface area contributed by atoms with Crippen LogP contribution in [-0.2, 0) is 4.79 Å². The predicted molar refractivity (Wildman–Crippen MR) is 73.2 cm³/mol. The van der Waals surface area contributed by atoms with Gasteiger partial charge in [-0.2, -0.15) is 0 Å². The summed E-state index contributed by atoms with van der Waals surface area (Å²) in [5.74, 6) is -0.757. The van der Waals surface area contributed by atoms with Gasteiger partial charge < -0.3 is 20.6 Å². The zero-order valence-electron chi connectivity index (χ0n) is 11.5. The molecule has 0 bridgehead atoms. The van der Waals surface area contributed by atoms with Gasteiger partial charge in [0.2, 0.25) is 0 Å². The number of carboxylic acids is 1. The lowest BCUT2D eigenvalue weighted by atomic mass is 10.2. The molecule has 0 unspecified atom stereocenters. The first-order valence-corrected chi connectivity index (χ1v) is 7.14. The monoisotopic (exact) mass is 271 g/mol. The molecule has 1 aliphatic heterocycles. The van der Waals surface area contributed by atoms with Crippen LogP contribution in [0.2, 0.25) is 0 Å². The summed E-state index contributed by atoms with van der Waals surface area (Å²) in [6, 6.07) is -0.127. The van der Waals surface area contributed by atoms with Crippen LogP contribution in [0.1, 0.15) is 38.5 Å². The van der Waals surface area contributed by atoms with E-state index in [-0.39, 0.29) is 12.5 Å². The van der Waals surface area contributed by atoms with Gasteiger partial charge in [-0.05, 0) is 38.8 Å². The Morgan fingerprint density at radius 3 is 2.37 bits per heavy atom. The first-order valence-electron chi connectivity index (χ1n) is 7.14. The standard InChI is InChI=1S/C13H25N3O3/c17-12(18)6-2-1-3-7-14-13(19)15-8-11-16-9-4-5-10-16/h1-11H2,(H,17,18)(H2,14,15,19). The molecule has 1 saturated heterocycles. The third-order valence-corrected chi connectivity index (χ3v) is 3.27. The zero-order valence-corrected chi connectivity index (χ0v) is 11.5. The number of rotatable bonds is 9. The number of nitrogens with one attached hydrogen (secondary N) is 2. The van der Waals surface area contributed by atoms with Gasteiger partial charge >= 0.3 is 12.0 Å². The molecule has 1 heterocycles. The van der Waals surface area contributed by atoms with Crippen LogP contribution in [0.15, 0.2) is 0 Å². The number of unbranched alkanes of at least 4 members (excludes halogenated alkanes) is 2. The van der Waals surface area contributed by atoms with E-state index in [1.54, 1.807) is 0 Å². The molecule has 0 atom stereocenters. The summed E-state index contributed by atoms with van der Waals surface area (Å²) in [6.45, 7) is 4.51. The number of carbonyl (C=O) groups excluding carboxylic acids is 1. The number of hydrogen-bond acceptors (Lipinski definition) is 3. The molecule has 1 aliphatic rings. The van der Waals surface area contributed by atoms with Crippen molar-refractivity contribution in [3.8, 4) is 0 Å². The highest BCUT2D eigenvalue weighted by Crippen LogP contribution is 2.05. The highest BCUT2D eigenvalue weighted by Gasteiger charge is 2.10. The Balaban J connectivity index is 1.86. The van der Waals surface area contributed by atoms with E-state index in [1.807, 2.05) is 0 Å². The summed E-state index contributed by atoms with van der Waals surface area (Å²) in [5.41, 5.74) is 0. The van der Waals surface area contributed by atoms with E-state index >= 15 is 0 Å². The minimum Gasteiger partial charge on any atom is -0.481 e. The molecule has 0 spiro atoms. The van der Waals surface area contributed by atoms with Gasteiger partial charge in [0, 0.05) is 26.1 Å². The van der Waals surface area contributed by atoms with Gasteiger partial charge in [-0.15, -0.1) is 0 Å². The Morgan fingerprint density at radius 2 is 1.68 bits per heavy atom. The van der Waals surface area contributed by atoms with Crippen LogP contribution in [0.5, 0.6) is 0 Å². The minimum absolute atomic E-state index is 0.127. The Morgan fingerprint density at radius 1 is 1.00 bits per heavy atom. The molecule has 2 amide bonds. The molecule has 0 aromatic heterocycles. The van der Waals surface area contributed by atoms with Gasteiger partial charge in [0.05, 0.1) is 0 Å². The molecule has 19 heavy (non-hydrogen) atoms. The number of carboxylic acid groups (broad SMARTS) is 1. The molecule has 1 rings (SSSR count). The van der Waals surface area contributed by atoms with Crippen LogP contribution in [0, 0.1) is 0 Å². The molecule has 0 aromatic carbocycles. The molecule has 0 aliphatic carbocycles. The van der Waals surface area contributed by atoms with Crippen molar-refractivity contribution in [3.63, 3.8) is 0 Å². The lowest BCUT2D eigenvalue weighted by Gasteiger charge is -2.14. The fourth-order valence-corrected chi connectivity index (χ4v) is 2.18. The number of amides is 2. The van der Waals surface area contributed by atoms with E-state index in [9.17, 15) is 9.59 Å². The highest BCUT2D eigenvalue weighted by atomic mass is 16.4. The van der Waals surface area contributed by atoms with Gasteiger partial charge in [-0.1, -0.05) is 6.42 Å². The maximum atomic E-state index is 11.4. The molecule has 110 valence electrons. The fraction of sp³-hybridized carbons (Fsp3) is 0.846. The second kappa shape index (κ2) is 9.61. The largest absolute Gasteiger partial charge is 0.481 e. The van der Waals surface area contributed by atoms with Gasteiger partial charge in [0.25, 0.3) is 0 Å². The maximum absolute atomic E-state index is 11.4. The van der Waals surface area contributed by atoms with Crippen LogP contribution in [-0.4, -0.2) is 54.7 Å². The van der Waals surface area contributed by atoms with E-state index in [0.29, 0.717) is 19.5 Å². The zero-order chi connectivity index (χ0) is 13.9. The van der Waals surface area contributed by atoms with Crippen molar-refractivity contribution in [1.29, 1.82) is 0 Å². The SMILES string of the molecule is O=C(O)CCCCCNC(=O)NCCN1CCCC1. The minimum atomic E-state index is -0.757. The molecular formula is C13H25N3O3. The molecule has 6 heteroatoms. The number of urea groups is 1. The highest BCUT2D eigenvalue weighted by molar-refractivity contribution is 5.73. The molecule has 6 nitrogen and oxygen atoms in total. The van der Waals surface area contributed by atoms with Crippen molar-refractivity contribution in [2.75, 3.05) is 32.7 Å². The molecule has 3 N–H and O–H groups in total. The number of hydrogen-bond donors (Lipinski definition) is 3. The Labute approximate surface area is 114 Å². The van der Waals surface area contributed by atoms with E-state index in [1.165, 1.54) is 12.8 Å². The molecule has 0 radical (unpaired) electrons. The summed E-state index contributed by atoms with van der Waals surface area (Å²) in [4.78, 5) is 24.1. The third kappa shape index (κ3) is 8.42. The predicted octanol–water partition coefficient (Wildman–Crippen LogP) is 1.03. The molecular weight excluding hydrogens is 246 g/mol. The van der Waals surface area contributed by atoms with Crippen LogP contribution in [0.4, 0.5) is 4.79 Å². The lowest BCUT2D eigenvalue weighted by molar-refractivity contribution is -0.137. The second-order valence-electron chi connectivity index (χ2n) is 4.94. The number of carbonyl (C=O) groups is 2. The summed E-state index contributed by atoms with van der Waals surface area (Å²) in [6.07, 6.45) is 5.08. The van der Waals surface area contributed by atoms with Crippen molar-refractivity contribution in [2.45, 2.75) is 38.5 Å². The maximum Gasteiger partial charge on any atom is 0.314 e. The lowest BCUT2D eigenvalue weighted by Crippen LogP contribution is -2.40. The smallest absolute Gasteiger partial charge is 0.314 e. The Bertz CT molecular complexity index is 278. The third-order valence-electron chi connectivity index (χ3n) is 3.27. The quantitative estimate of drug-likeness (QED) is 0.547. The van der Waals surface area contributed by atoms with Crippen molar-refractivity contribution in [2.24, 2.45) is 0 Å². The van der Waals surface area contributed by atoms with Crippen molar-refractivity contribution in [3.05, 3.63) is 0 Å². The Kier molecular flexibility index (Phi) is 7.97. The average Bonchev–Trinajstić information content (AvgIpc) is 2.86. The van der Waals surface area contributed by atoms with Crippen LogP contribution in [0.25, 0.3) is 0 Å². The summed E-state index contributed by atoms with van der Waals surface area (Å²) in [7, 11) is 0. The van der Waals surface area contributed by atoms with Crippen LogP contribution in [0.3, 0.4) is 0 Å². The van der Waals surface area contributed by atoms with Crippen molar-refractivity contribution < 1.29 is 14.7 Å². The van der Waals surface area contributed by atoms with E-state index < -0.39 is 5.97 Å². The van der Waals surface area contributed by atoms with Gasteiger partial charge in [-0.25, -0.2) is 4.79 Å². The first-order chi connectivity index (χ1) is 9.18. The van der Waals surface area contributed by atoms with Crippen molar-refractivity contribution in [1.82, 2.24) is 15.5 Å². The van der Waals surface area contributed by atoms with Crippen LogP contribution < -0.4 is 10.6 Å². The summed E-state index contributed by atoms with van der Waals surface area (Å²) < 4.78 is 0. The summed E-state index contributed by atoms with van der Waals surface area (Å²) in [5, 5.41) is 14.1.